The molecule has 0 bridgehead atoms. The van der Waals surface area contributed by atoms with Crippen molar-refractivity contribution in [3.63, 3.8) is 0 Å². The van der Waals surface area contributed by atoms with Gasteiger partial charge in [-0.25, -0.2) is 4.98 Å². The highest BCUT2D eigenvalue weighted by atomic mass is 32.1. The molecule has 0 aromatic carbocycles. The van der Waals surface area contributed by atoms with Crippen LogP contribution in [0.2, 0.25) is 0 Å². The Bertz CT molecular complexity index is 528. The molecule has 2 aromatic heterocycles. The Morgan fingerprint density at radius 3 is 3.11 bits per heavy atom. The first-order valence-electron chi connectivity index (χ1n) is 5.25. The van der Waals surface area contributed by atoms with Crippen molar-refractivity contribution < 1.29 is 4.79 Å². The number of carbonyl (C=O) groups excluding carboxylic acids is 1. The number of nitrogens with two attached hydrogens (primary N) is 1. The summed E-state index contributed by atoms with van der Waals surface area (Å²) in [5, 5.41) is 1.92. The number of pyridine rings is 1. The van der Waals surface area contributed by atoms with E-state index in [4.69, 9.17) is 5.84 Å². The maximum Gasteiger partial charge on any atom is 0.256 e. The molecule has 0 fully saturated rings. The smallest absolute Gasteiger partial charge is 0.256 e. The lowest BCUT2D eigenvalue weighted by Gasteiger charge is -2.17. The molecule has 2 aromatic rings. The predicted molar refractivity (Wildman–Crippen MR) is 70.0 cm³/mol. The summed E-state index contributed by atoms with van der Waals surface area (Å²) in [6.07, 6.45) is 3.08. The van der Waals surface area contributed by atoms with Crippen LogP contribution in [-0.4, -0.2) is 27.8 Å². The number of nitrogens with one attached hydrogen (secondary N) is 1. The van der Waals surface area contributed by atoms with Crippen LogP contribution in [0.3, 0.4) is 0 Å². The molecular formula is C11H13N5OS. The maximum atomic E-state index is 12.2. The van der Waals surface area contributed by atoms with Crippen LogP contribution in [0.1, 0.15) is 16.1 Å². The number of hydrogen-bond donors (Lipinski definition) is 2. The molecule has 0 spiro atoms. The van der Waals surface area contributed by atoms with Gasteiger partial charge in [0.05, 0.1) is 35.2 Å². The van der Waals surface area contributed by atoms with Crippen LogP contribution in [0.4, 0.5) is 5.69 Å². The minimum Gasteiger partial charge on any atom is -0.336 e. The van der Waals surface area contributed by atoms with Gasteiger partial charge in [-0.1, -0.05) is 0 Å². The molecule has 18 heavy (non-hydrogen) atoms. The van der Waals surface area contributed by atoms with Crippen molar-refractivity contribution in [1.29, 1.82) is 0 Å². The number of carbonyl (C=O) groups is 1. The van der Waals surface area contributed by atoms with E-state index in [1.165, 1.54) is 17.5 Å². The number of nitrogens with zero attached hydrogens (tertiary/aromatic N) is 3. The topological polar surface area (TPSA) is 84.1 Å². The number of thiazole rings is 1. The highest BCUT2D eigenvalue weighted by Gasteiger charge is 2.16. The van der Waals surface area contributed by atoms with E-state index in [-0.39, 0.29) is 5.91 Å². The molecule has 3 N–H and O–H groups in total. The van der Waals surface area contributed by atoms with E-state index in [2.05, 4.69) is 15.4 Å². The molecule has 2 rings (SSSR count). The first kappa shape index (κ1) is 12.5. The van der Waals surface area contributed by atoms with Crippen LogP contribution in [-0.2, 0) is 6.54 Å². The Morgan fingerprint density at radius 1 is 1.61 bits per heavy atom. The summed E-state index contributed by atoms with van der Waals surface area (Å²) in [7, 11) is 1.72. The van der Waals surface area contributed by atoms with Gasteiger partial charge < -0.3 is 10.3 Å². The van der Waals surface area contributed by atoms with Gasteiger partial charge in [0.1, 0.15) is 0 Å². The molecule has 0 saturated carbocycles. The lowest BCUT2D eigenvalue weighted by atomic mass is 10.2. The Kier molecular flexibility index (Phi) is 3.85. The number of hydrogen-bond acceptors (Lipinski definition) is 6. The standard InChI is InChI=1S/C11H13N5OS/c1-16(5-8-6-18-7-14-8)11(17)9-2-3-13-4-10(9)15-12/h2-4,6-7,15H,5,12H2,1H3. The van der Waals surface area contributed by atoms with Gasteiger partial charge in [-0.2, -0.15) is 0 Å². The van der Waals surface area contributed by atoms with Gasteiger partial charge in [0, 0.05) is 18.6 Å². The third-order valence-corrected chi connectivity index (χ3v) is 3.07. The average molecular weight is 263 g/mol. The van der Waals surface area contributed by atoms with E-state index in [1.54, 1.807) is 29.7 Å². The summed E-state index contributed by atoms with van der Waals surface area (Å²) in [6, 6.07) is 1.63. The molecule has 1 amide bonds. The lowest BCUT2D eigenvalue weighted by molar-refractivity contribution is 0.0784. The maximum absolute atomic E-state index is 12.2. The van der Waals surface area contributed by atoms with Crippen molar-refractivity contribution in [1.82, 2.24) is 14.9 Å². The van der Waals surface area contributed by atoms with Crippen molar-refractivity contribution >= 4 is 22.9 Å². The normalized spacial score (nSPS) is 10.1. The molecule has 0 aliphatic rings. The fourth-order valence-electron chi connectivity index (χ4n) is 1.53. The van der Waals surface area contributed by atoms with Gasteiger partial charge in [0.15, 0.2) is 0 Å². The molecule has 0 aliphatic heterocycles. The SMILES string of the molecule is CN(Cc1cscn1)C(=O)c1ccncc1NN. The quantitative estimate of drug-likeness (QED) is 0.637. The van der Waals surface area contributed by atoms with Crippen LogP contribution < -0.4 is 11.3 Å². The number of amides is 1. The van der Waals surface area contributed by atoms with Crippen molar-refractivity contribution in [3.05, 3.63) is 40.6 Å². The van der Waals surface area contributed by atoms with Crippen LogP contribution in [0.5, 0.6) is 0 Å². The number of rotatable bonds is 4. The monoisotopic (exact) mass is 263 g/mol. The van der Waals surface area contributed by atoms with Gasteiger partial charge in [-0.15, -0.1) is 11.3 Å². The minimum atomic E-state index is -0.127. The summed E-state index contributed by atoms with van der Waals surface area (Å²) in [5.41, 5.74) is 6.08. The summed E-state index contributed by atoms with van der Waals surface area (Å²) >= 11 is 1.51. The second-order valence-corrected chi connectivity index (χ2v) is 4.43. The second kappa shape index (κ2) is 5.56. The molecule has 0 aliphatic carbocycles. The third-order valence-electron chi connectivity index (χ3n) is 2.44. The van der Waals surface area contributed by atoms with Crippen LogP contribution >= 0.6 is 11.3 Å². The van der Waals surface area contributed by atoms with Crippen molar-refractivity contribution in [2.75, 3.05) is 12.5 Å². The average Bonchev–Trinajstić information content (AvgIpc) is 2.90. The fraction of sp³-hybridized carbons (Fsp3) is 0.182. The first-order chi connectivity index (χ1) is 8.72. The van der Waals surface area contributed by atoms with Gasteiger partial charge in [0.25, 0.3) is 5.91 Å². The Hall–Kier alpha value is -1.99. The van der Waals surface area contributed by atoms with Crippen molar-refractivity contribution in [3.8, 4) is 0 Å². The zero-order valence-corrected chi connectivity index (χ0v) is 10.6. The zero-order chi connectivity index (χ0) is 13.0. The zero-order valence-electron chi connectivity index (χ0n) is 9.83. The highest BCUT2D eigenvalue weighted by molar-refractivity contribution is 7.07. The highest BCUT2D eigenvalue weighted by Crippen LogP contribution is 2.15. The summed E-state index contributed by atoms with van der Waals surface area (Å²) in [4.78, 5) is 21.9. The van der Waals surface area contributed by atoms with Crippen molar-refractivity contribution in [2.45, 2.75) is 6.54 Å². The van der Waals surface area contributed by atoms with Crippen LogP contribution in [0.25, 0.3) is 0 Å². The molecule has 6 nitrogen and oxygen atoms in total. The predicted octanol–water partition coefficient (Wildman–Crippen LogP) is 1.10. The Morgan fingerprint density at radius 2 is 2.44 bits per heavy atom. The van der Waals surface area contributed by atoms with Gasteiger partial charge in [-0.05, 0) is 6.07 Å². The third kappa shape index (κ3) is 2.63. The van der Waals surface area contributed by atoms with Crippen molar-refractivity contribution in [2.24, 2.45) is 5.84 Å². The van der Waals surface area contributed by atoms with E-state index in [9.17, 15) is 4.79 Å². The van der Waals surface area contributed by atoms with Gasteiger partial charge in [0.2, 0.25) is 0 Å². The molecule has 7 heteroatoms. The molecule has 2 heterocycles. The lowest BCUT2D eigenvalue weighted by Crippen LogP contribution is -2.27. The number of aromatic nitrogens is 2. The largest absolute Gasteiger partial charge is 0.336 e. The van der Waals surface area contributed by atoms with E-state index in [0.29, 0.717) is 17.8 Å². The fourth-order valence-corrected chi connectivity index (χ4v) is 2.08. The van der Waals surface area contributed by atoms with Crippen LogP contribution in [0.15, 0.2) is 29.4 Å². The minimum absolute atomic E-state index is 0.127. The van der Waals surface area contributed by atoms with E-state index in [1.807, 2.05) is 5.38 Å². The second-order valence-electron chi connectivity index (χ2n) is 3.71. The molecule has 0 saturated heterocycles. The molecular weight excluding hydrogens is 250 g/mol. The summed E-state index contributed by atoms with van der Waals surface area (Å²) in [5.74, 6) is 5.23. The number of nitrogen functional groups attached to an aromatic ring is 1. The van der Waals surface area contributed by atoms with E-state index < -0.39 is 0 Å². The number of anilines is 1. The first-order valence-corrected chi connectivity index (χ1v) is 6.20. The molecule has 94 valence electrons. The summed E-state index contributed by atoms with van der Waals surface area (Å²) in [6.45, 7) is 0.467. The number of hydrazine groups is 1. The summed E-state index contributed by atoms with van der Waals surface area (Å²) < 4.78 is 0. The Balaban J connectivity index is 2.15. The Labute approximate surface area is 108 Å². The van der Waals surface area contributed by atoms with E-state index >= 15 is 0 Å². The van der Waals surface area contributed by atoms with E-state index in [0.717, 1.165) is 5.69 Å². The van der Waals surface area contributed by atoms with Gasteiger partial charge >= 0.3 is 0 Å². The molecule has 0 unspecified atom stereocenters. The van der Waals surface area contributed by atoms with Gasteiger partial charge in [-0.3, -0.25) is 15.6 Å². The molecule has 0 radical (unpaired) electrons. The molecule has 0 atom stereocenters. The van der Waals surface area contributed by atoms with Crippen LogP contribution in [0, 0.1) is 0 Å².